The molecule has 1 N–H and O–H groups in total. The molecule has 0 aliphatic carbocycles. The Morgan fingerprint density at radius 2 is 1.60 bits per heavy atom. The molecule has 0 aromatic heterocycles. The second-order valence-electron chi connectivity index (χ2n) is 6.02. The molecule has 0 bridgehead atoms. The minimum Gasteiger partial charge on any atom is -0.478 e. The number of carboxylic acid groups (broad SMARTS) is 1. The van der Waals surface area contributed by atoms with Crippen LogP contribution in [0, 0.1) is 5.82 Å². The van der Waals surface area contributed by atoms with Crippen molar-refractivity contribution in [3.05, 3.63) is 53.8 Å². The van der Waals surface area contributed by atoms with E-state index < -0.39 is 21.8 Å². The van der Waals surface area contributed by atoms with E-state index in [-0.39, 0.29) is 10.5 Å². The summed E-state index contributed by atoms with van der Waals surface area (Å²) in [5.74, 6) is -1.87. The van der Waals surface area contributed by atoms with Gasteiger partial charge in [0.25, 0.3) is 0 Å². The van der Waals surface area contributed by atoms with Gasteiger partial charge in [-0.1, -0.05) is 18.6 Å². The smallest absolute Gasteiger partial charge is 0.335 e. The molecule has 25 heavy (non-hydrogen) atoms. The summed E-state index contributed by atoms with van der Waals surface area (Å²) < 4.78 is 40.3. The van der Waals surface area contributed by atoms with E-state index in [0.717, 1.165) is 25.3 Å². The monoisotopic (exact) mass is 363 g/mol. The Morgan fingerprint density at radius 1 is 0.960 bits per heavy atom. The number of carbonyl (C=O) groups is 1. The van der Waals surface area contributed by atoms with E-state index in [1.54, 1.807) is 12.1 Å². The van der Waals surface area contributed by atoms with E-state index in [1.807, 2.05) is 0 Å². The molecule has 0 radical (unpaired) electrons. The maximum Gasteiger partial charge on any atom is 0.335 e. The highest BCUT2D eigenvalue weighted by atomic mass is 32.2. The molecule has 2 aromatic carbocycles. The number of benzene rings is 2. The topological polar surface area (TPSA) is 74.7 Å². The van der Waals surface area contributed by atoms with Crippen molar-refractivity contribution in [2.45, 2.75) is 24.2 Å². The quantitative estimate of drug-likeness (QED) is 0.904. The van der Waals surface area contributed by atoms with Crippen molar-refractivity contribution >= 4 is 16.0 Å². The summed E-state index contributed by atoms with van der Waals surface area (Å²) in [6, 6.07) is 9.62. The SMILES string of the molecule is O=C(O)c1cc(F)cc(-c2ccc(S(=O)(=O)N3CCCCC3)cc2)c1. The normalized spacial score (nSPS) is 15.9. The summed E-state index contributed by atoms with van der Waals surface area (Å²) in [6.45, 7) is 1.05. The Hall–Kier alpha value is -2.25. The minimum atomic E-state index is -3.53. The van der Waals surface area contributed by atoms with Crippen molar-refractivity contribution in [2.75, 3.05) is 13.1 Å². The average molecular weight is 363 g/mol. The maximum atomic E-state index is 13.6. The van der Waals surface area contributed by atoms with Crippen molar-refractivity contribution in [3.63, 3.8) is 0 Å². The Kier molecular flexibility index (Phi) is 4.87. The zero-order valence-corrected chi connectivity index (χ0v) is 14.3. The lowest BCUT2D eigenvalue weighted by molar-refractivity contribution is 0.0696. The van der Waals surface area contributed by atoms with Gasteiger partial charge in [0, 0.05) is 13.1 Å². The van der Waals surface area contributed by atoms with Gasteiger partial charge in [-0.2, -0.15) is 4.31 Å². The first-order valence-electron chi connectivity index (χ1n) is 8.02. The molecular formula is C18H18FNO4S. The number of hydrogen-bond donors (Lipinski definition) is 1. The van der Waals surface area contributed by atoms with Crippen molar-refractivity contribution in [1.29, 1.82) is 0 Å². The molecule has 0 atom stereocenters. The van der Waals surface area contributed by atoms with Gasteiger partial charge in [-0.3, -0.25) is 0 Å². The van der Waals surface area contributed by atoms with Crippen LogP contribution >= 0.6 is 0 Å². The van der Waals surface area contributed by atoms with E-state index in [2.05, 4.69) is 0 Å². The number of nitrogens with zero attached hydrogens (tertiary/aromatic N) is 1. The number of aromatic carboxylic acids is 1. The van der Waals surface area contributed by atoms with Gasteiger partial charge in [0.05, 0.1) is 10.5 Å². The summed E-state index contributed by atoms with van der Waals surface area (Å²) in [5.41, 5.74) is 0.791. The third kappa shape index (κ3) is 3.72. The lowest BCUT2D eigenvalue weighted by Gasteiger charge is -2.25. The molecule has 1 heterocycles. The van der Waals surface area contributed by atoms with E-state index in [1.165, 1.54) is 28.6 Å². The number of piperidine rings is 1. The average Bonchev–Trinajstić information content (AvgIpc) is 2.62. The van der Waals surface area contributed by atoms with E-state index in [0.29, 0.717) is 24.2 Å². The Morgan fingerprint density at radius 3 is 2.20 bits per heavy atom. The third-order valence-electron chi connectivity index (χ3n) is 4.29. The van der Waals surface area contributed by atoms with Crippen LogP contribution in [0.25, 0.3) is 11.1 Å². The molecule has 2 aromatic rings. The van der Waals surface area contributed by atoms with E-state index >= 15 is 0 Å². The fraction of sp³-hybridized carbons (Fsp3) is 0.278. The van der Waals surface area contributed by atoms with Gasteiger partial charge < -0.3 is 5.11 Å². The van der Waals surface area contributed by atoms with E-state index in [9.17, 15) is 17.6 Å². The van der Waals surface area contributed by atoms with Crippen molar-refractivity contribution in [2.24, 2.45) is 0 Å². The lowest BCUT2D eigenvalue weighted by Crippen LogP contribution is -2.35. The van der Waals surface area contributed by atoms with Crippen LogP contribution < -0.4 is 0 Å². The number of carboxylic acids is 1. The first-order valence-corrected chi connectivity index (χ1v) is 9.46. The van der Waals surface area contributed by atoms with Crippen molar-refractivity contribution in [1.82, 2.24) is 4.31 Å². The van der Waals surface area contributed by atoms with Crippen molar-refractivity contribution in [3.8, 4) is 11.1 Å². The summed E-state index contributed by atoms with van der Waals surface area (Å²) in [6.07, 6.45) is 2.76. The van der Waals surface area contributed by atoms with Gasteiger partial charge in [0.1, 0.15) is 5.82 Å². The number of rotatable bonds is 4. The van der Waals surface area contributed by atoms with Crippen LogP contribution in [0.4, 0.5) is 4.39 Å². The van der Waals surface area contributed by atoms with Gasteiger partial charge in [0.15, 0.2) is 0 Å². The Labute approximate surface area is 145 Å². The predicted molar refractivity (Wildman–Crippen MR) is 91.4 cm³/mol. The highest BCUT2D eigenvalue weighted by Crippen LogP contribution is 2.26. The van der Waals surface area contributed by atoms with Crippen LogP contribution in [0.15, 0.2) is 47.4 Å². The van der Waals surface area contributed by atoms with Gasteiger partial charge >= 0.3 is 5.97 Å². The lowest BCUT2D eigenvalue weighted by atomic mass is 10.0. The molecule has 3 rings (SSSR count). The standard InChI is InChI=1S/C18H18FNO4S/c19-16-11-14(10-15(12-16)18(21)22)13-4-6-17(7-5-13)25(23,24)20-8-2-1-3-9-20/h4-7,10-12H,1-3,8-9H2,(H,21,22). The third-order valence-corrected chi connectivity index (χ3v) is 6.20. The summed E-state index contributed by atoms with van der Waals surface area (Å²) in [5, 5.41) is 9.02. The van der Waals surface area contributed by atoms with Gasteiger partial charge in [-0.25, -0.2) is 17.6 Å². The molecule has 1 fully saturated rings. The molecule has 0 saturated carbocycles. The second kappa shape index (κ2) is 6.93. The summed E-state index contributed by atoms with van der Waals surface area (Å²) in [4.78, 5) is 11.2. The molecule has 5 nitrogen and oxygen atoms in total. The van der Waals surface area contributed by atoms with Gasteiger partial charge in [-0.15, -0.1) is 0 Å². The van der Waals surface area contributed by atoms with Gasteiger partial charge in [0.2, 0.25) is 10.0 Å². The molecule has 132 valence electrons. The zero-order valence-electron chi connectivity index (χ0n) is 13.5. The molecule has 0 unspecified atom stereocenters. The largest absolute Gasteiger partial charge is 0.478 e. The van der Waals surface area contributed by atoms with Crippen molar-refractivity contribution < 1.29 is 22.7 Å². The summed E-state index contributed by atoms with van der Waals surface area (Å²) in [7, 11) is -3.53. The number of hydrogen-bond acceptors (Lipinski definition) is 3. The predicted octanol–water partition coefficient (Wildman–Crippen LogP) is 3.37. The molecule has 0 spiro atoms. The van der Waals surface area contributed by atoms with Crippen LogP contribution in [0.5, 0.6) is 0 Å². The van der Waals surface area contributed by atoms with Crippen LogP contribution in [0.3, 0.4) is 0 Å². The Balaban J connectivity index is 1.91. The molecule has 1 aliphatic rings. The maximum absolute atomic E-state index is 13.6. The first-order chi connectivity index (χ1) is 11.9. The van der Waals surface area contributed by atoms with Crippen LogP contribution in [-0.2, 0) is 10.0 Å². The van der Waals surface area contributed by atoms with E-state index in [4.69, 9.17) is 5.11 Å². The van der Waals surface area contributed by atoms with Crippen LogP contribution in [-0.4, -0.2) is 36.9 Å². The first kappa shape index (κ1) is 17.6. The number of halogens is 1. The molecular weight excluding hydrogens is 345 g/mol. The Bertz CT molecular complexity index is 888. The highest BCUT2D eigenvalue weighted by molar-refractivity contribution is 7.89. The zero-order chi connectivity index (χ0) is 18.0. The molecule has 0 amide bonds. The van der Waals surface area contributed by atoms with Gasteiger partial charge in [-0.05, 0) is 54.3 Å². The van der Waals surface area contributed by atoms with Crippen LogP contribution in [0.2, 0.25) is 0 Å². The fourth-order valence-corrected chi connectivity index (χ4v) is 4.47. The van der Waals surface area contributed by atoms with Crippen LogP contribution in [0.1, 0.15) is 29.6 Å². The molecule has 1 saturated heterocycles. The molecule has 1 aliphatic heterocycles. The fourth-order valence-electron chi connectivity index (χ4n) is 2.95. The minimum absolute atomic E-state index is 0.153. The highest BCUT2D eigenvalue weighted by Gasteiger charge is 2.25. The number of sulfonamides is 1. The second-order valence-corrected chi connectivity index (χ2v) is 7.96. The molecule has 7 heteroatoms. The summed E-state index contributed by atoms with van der Waals surface area (Å²) >= 11 is 0.